The van der Waals surface area contributed by atoms with Gasteiger partial charge in [-0.15, -0.1) is 0 Å². The van der Waals surface area contributed by atoms with Crippen LogP contribution in [0.1, 0.15) is 97.3 Å². The summed E-state index contributed by atoms with van der Waals surface area (Å²) in [7, 11) is 0. The molecule has 0 aromatic rings. The van der Waals surface area contributed by atoms with Crippen LogP contribution in [0.4, 0.5) is 0 Å². The summed E-state index contributed by atoms with van der Waals surface area (Å²) in [5, 5.41) is 10.9. The molecule has 202 valence electrons. The van der Waals surface area contributed by atoms with Gasteiger partial charge in [0.25, 0.3) is 0 Å². The lowest BCUT2D eigenvalue weighted by Crippen LogP contribution is -2.28. The summed E-state index contributed by atoms with van der Waals surface area (Å²) in [5.41, 5.74) is 0. The molecule has 1 amide bonds. The van der Waals surface area contributed by atoms with Crippen molar-refractivity contribution in [1.82, 2.24) is 5.32 Å². The van der Waals surface area contributed by atoms with E-state index < -0.39 is 5.97 Å². The Morgan fingerprint density at radius 1 is 0.750 bits per heavy atom. The number of hydrogen-bond donors (Lipinski definition) is 2. The number of carbonyl (C=O) groups is 3. The number of rotatable bonds is 22. The highest BCUT2D eigenvalue weighted by Crippen LogP contribution is 2.14. The fraction of sp³-hybridized carbons (Fsp3) is 0.567. The van der Waals surface area contributed by atoms with Crippen molar-refractivity contribution in [1.29, 1.82) is 0 Å². The minimum Gasteiger partial charge on any atom is -0.480 e. The highest BCUT2D eigenvalue weighted by molar-refractivity contribution is 5.80. The Morgan fingerprint density at radius 3 is 1.83 bits per heavy atom. The van der Waals surface area contributed by atoms with E-state index in [4.69, 9.17) is 9.84 Å². The predicted octanol–water partition coefficient (Wildman–Crippen LogP) is 6.99. The van der Waals surface area contributed by atoms with Crippen molar-refractivity contribution in [2.75, 3.05) is 6.54 Å². The number of unbranched alkanes of at least 4 members (excludes halogenated alkanes) is 2. The Morgan fingerprint density at radius 2 is 1.31 bits per heavy atom. The van der Waals surface area contributed by atoms with Gasteiger partial charge in [-0.25, -0.2) is 0 Å². The minimum absolute atomic E-state index is 0.0916. The van der Waals surface area contributed by atoms with Gasteiger partial charge in [0.15, 0.2) is 0 Å². The second-order valence-electron chi connectivity index (χ2n) is 8.58. The third-order valence-electron chi connectivity index (χ3n) is 5.22. The second-order valence-corrected chi connectivity index (χ2v) is 8.58. The van der Waals surface area contributed by atoms with E-state index in [1.807, 2.05) is 12.2 Å². The summed E-state index contributed by atoms with van der Waals surface area (Å²) in [4.78, 5) is 34.1. The van der Waals surface area contributed by atoms with Gasteiger partial charge in [-0.1, -0.05) is 87.4 Å². The van der Waals surface area contributed by atoms with Crippen LogP contribution in [-0.4, -0.2) is 35.6 Å². The zero-order valence-electron chi connectivity index (χ0n) is 22.3. The first-order chi connectivity index (χ1) is 17.5. The number of carboxylic acids is 1. The first-order valence-corrected chi connectivity index (χ1v) is 13.4. The van der Waals surface area contributed by atoms with Crippen LogP contribution in [0.2, 0.25) is 0 Å². The molecule has 0 fully saturated rings. The molecule has 0 spiro atoms. The largest absolute Gasteiger partial charge is 0.480 e. The van der Waals surface area contributed by atoms with Gasteiger partial charge in [0.05, 0.1) is 6.42 Å². The van der Waals surface area contributed by atoms with Crippen molar-refractivity contribution in [3.8, 4) is 0 Å². The molecule has 0 radical (unpaired) electrons. The van der Waals surface area contributed by atoms with Gasteiger partial charge in [0, 0.05) is 6.42 Å². The van der Waals surface area contributed by atoms with Gasteiger partial charge >= 0.3 is 11.9 Å². The predicted molar refractivity (Wildman–Crippen MR) is 148 cm³/mol. The summed E-state index contributed by atoms with van der Waals surface area (Å²) in [6.07, 6.45) is 31.3. The molecule has 0 aromatic heterocycles. The van der Waals surface area contributed by atoms with Crippen LogP contribution in [0.3, 0.4) is 0 Å². The Bertz CT molecular complexity index is 734. The smallest absolute Gasteiger partial charge is 0.322 e. The van der Waals surface area contributed by atoms with Crippen molar-refractivity contribution < 1.29 is 24.2 Å². The van der Waals surface area contributed by atoms with Crippen molar-refractivity contribution in [3.63, 3.8) is 0 Å². The lowest BCUT2D eigenvalue weighted by atomic mass is 10.1. The minimum atomic E-state index is -1.04. The van der Waals surface area contributed by atoms with Crippen LogP contribution in [0.25, 0.3) is 0 Å². The van der Waals surface area contributed by atoms with E-state index in [0.717, 1.165) is 64.2 Å². The molecular weight excluding hydrogens is 454 g/mol. The van der Waals surface area contributed by atoms with E-state index in [1.54, 1.807) is 0 Å². The summed E-state index contributed by atoms with van der Waals surface area (Å²) < 4.78 is 5.63. The van der Waals surface area contributed by atoms with Crippen LogP contribution in [0, 0.1) is 0 Å². The van der Waals surface area contributed by atoms with E-state index >= 15 is 0 Å². The van der Waals surface area contributed by atoms with Crippen molar-refractivity contribution >= 4 is 17.8 Å². The molecule has 36 heavy (non-hydrogen) atoms. The maximum atomic E-state index is 12.2. The third-order valence-corrected chi connectivity index (χ3v) is 5.22. The summed E-state index contributed by atoms with van der Waals surface area (Å²) in [6.45, 7) is 3.86. The summed E-state index contributed by atoms with van der Waals surface area (Å²) >= 11 is 0. The molecule has 6 nitrogen and oxygen atoms in total. The van der Waals surface area contributed by atoms with E-state index in [2.05, 4.69) is 67.8 Å². The maximum Gasteiger partial charge on any atom is 0.322 e. The Labute approximate surface area is 218 Å². The molecule has 6 heteroatoms. The molecule has 0 aliphatic rings. The average Bonchev–Trinajstić information content (AvgIpc) is 2.85. The molecule has 0 saturated carbocycles. The molecule has 0 aliphatic heterocycles. The Kier molecular flexibility index (Phi) is 23.2. The van der Waals surface area contributed by atoms with Gasteiger partial charge in [0.2, 0.25) is 5.91 Å². The van der Waals surface area contributed by atoms with Crippen LogP contribution in [-0.2, 0) is 19.1 Å². The molecule has 0 bridgehead atoms. The standard InChI is InChI=1S/C30H47NO5/c1-3-5-6-7-8-9-10-11-12-13-14-15-16-17-21-25-30(35)36-27(22-4-2)23-19-18-20-24-28(32)31-26-29(33)34/h5-6,8-9,11-12,14-15,17,21,27H,3-4,7,10,13,16,18-20,22-26H2,1-2H3,(H,31,32)(H,33,34)/b6-5-,9-8-,12-11-,15-14-,21-17-. The number of amides is 1. The number of nitrogens with one attached hydrogen (secondary N) is 1. The second kappa shape index (κ2) is 25.2. The number of ether oxygens (including phenoxy) is 1. The molecule has 0 heterocycles. The van der Waals surface area contributed by atoms with Crippen molar-refractivity contribution in [2.45, 2.75) is 103 Å². The molecule has 0 saturated heterocycles. The molecule has 0 aromatic carbocycles. The quantitative estimate of drug-likeness (QED) is 0.0947. The first-order valence-electron chi connectivity index (χ1n) is 13.4. The average molecular weight is 502 g/mol. The van der Waals surface area contributed by atoms with Gasteiger partial charge < -0.3 is 15.2 Å². The Hall–Kier alpha value is -2.89. The van der Waals surface area contributed by atoms with E-state index in [-0.39, 0.29) is 30.9 Å². The molecule has 2 N–H and O–H groups in total. The Balaban J connectivity index is 3.94. The number of hydrogen-bond acceptors (Lipinski definition) is 4. The summed E-state index contributed by atoms with van der Waals surface area (Å²) in [6, 6.07) is 0. The van der Waals surface area contributed by atoms with Crippen molar-refractivity contribution in [3.05, 3.63) is 60.8 Å². The van der Waals surface area contributed by atoms with Gasteiger partial charge in [-0.05, 0) is 57.8 Å². The highest BCUT2D eigenvalue weighted by atomic mass is 16.5. The number of carboxylic acid groups (broad SMARTS) is 1. The summed E-state index contributed by atoms with van der Waals surface area (Å²) in [5.74, 6) is -1.49. The number of allylic oxidation sites excluding steroid dienone is 9. The molecular formula is C30H47NO5. The number of esters is 1. The lowest BCUT2D eigenvalue weighted by molar-refractivity contribution is -0.148. The van der Waals surface area contributed by atoms with Gasteiger partial charge in [0.1, 0.15) is 12.6 Å². The van der Waals surface area contributed by atoms with Crippen LogP contribution in [0.15, 0.2) is 60.8 Å². The molecule has 1 unspecified atom stereocenters. The molecule has 1 atom stereocenters. The maximum absolute atomic E-state index is 12.2. The molecule has 0 rings (SSSR count). The van der Waals surface area contributed by atoms with Crippen molar-refractivity contribution in [2.24, 2.45) is 0 Å². The zero-order chi connectivity index (χ0) is 26.7. The normalized spacial score (nSPS) is 12.9. The number of carbonyl (C=O) groups excluding carboxylic acids is 2. The fourth-order valence-electron chi connectivity index (χ4n) is 3.35. The van der Waals surface area contributed by atoms with E-state index in [9.17, 15) is 14.4 Å². The van der Waals surface area contributed by atoms with Crippen LogP contribution >= 0.6 is 0 Å². The SMILES string of the molecule is CC/C=C\C/C=C\C/C=C\C/C=C\C/C=C\CC(=O)OC(CCC)CCCCCC(=O)NCC(=O)O. The topological polar surface area (TPSA) is 92.7 Å². The zero-order valence-corrected chi connectivity index (χ0v) is 22.3. The van der Waals surface area contributed by atoms with E-state index in [0.29, 0.717) is 12.8 Å². The van der Waals surface area contributed by atoms with Gasteiger partial charge in [-0.3, -0.25) is 14.4 Å². The monoisotopic (exact) mass is 501 g/mol. The van der Waals surface area contributed by atoms with E-state index in [1.165, 1.54) is 0 Å². The molecule has 0 aliphatic carbocycles. The third kappa shape index (κ3) is 24.2. The lowest BCUT2D eigenvalue weighted by Gasteiger charge is -2.16. The highest BCUT2D eigenvalue weighted by Gasteiger charge is 2.13. The van der Waals surface area contributed by atoms with Crippen LogP contribution in [0.5, 0.6) is 0 Å². The van der Waals surface area contributed by atoms with Crippen LogP contribution < -0.4 is 5.32 Å². The fourth-order valence-corrected chi connectivity index (χ4v) is 3.35. The number of aliphatic carboxylic acids is 1. The van der Waals surface area contributed by atoms with Gasteiger partial charge in [-0.2, -0.15) is 0 Å². The first kappa shape index (κ1) is 33.1.